The second-order valence-corrected chi connectivity index (χ2v) is 4.69. The van der Waals surface area contributed by atoms with E-state index in [0.29, 0.717) is 12.5 Å². The monoisotopic (exact) mass is 211 g/mol. The molecule has 4 heteroatoms. The van der Waals surface area contributed by atoms with Crippen molar-refractivity contribution in [2.45, 2.75) is 31.8 Å². The second-order valence-electron chi connectivity index (χ2n) is 4.69. The van der Waals surface area contributed by atoms with Crippen LogP contribution in [-0.4, -0.2) is 49.8 Å². The Hall–Kier alpha value is -0.630. The number of piperazine rings is 1. The number of nitrogens with one attached hydrogen (secondary N) is 1. The molecule has 0 saturated carbocycles. The molecule has 0 amide bonds. The standard InChI is InChI=1S/C11H21N3O/c1-11(2)9-13-10(4-5-12)8-14(11)6-7-15-3/h10,13H,4,6-9H2,1-3H3. The number of nitriles is 1. The zero-order valence-corrected chi connectivity index (χ0v) is 9.92. The van der Waals surface area contributed by atoms with E-state index < -0.39 is 0 Å². The molecule has 1 heterocycles. The summed E-state index contributed by atoms with van der Waals surface area (Å²) < 4.78 is 5.11. The van der Waals surface area contributed by atoms with Gasteiger partial charge in [0, 0.05) is 38.3 Å². The van der Waals surface area contributed by atoms with Crippen LogP contribution in [0.25, 0.3) is 0 Å². The minimum atomic E-state index is 0.157. The van der Waals surface area contributed by atoms with Crippen LogP contribution < -0.4 is 5.32 Å². The van der Waals surface area contributed by atoms with Gasteiger partial charge in [-0.2, -0.15) is 5.26 Å². The Kier molecular flexibility index (Phi) is 4.52. The van der Waals surface area contributed by atoms with Crippen LogP contribution in [-0.2, 0) is 4.74 Å². The lowest BCUT2D eigenvalue weighted by Crippen LogP contribution is -2.62. The normalized spacial score (nSPS) is 26.1. The van der Waals surface area contributed by atoms with Gasteiger partial charge < -0.3 is 10.1 Å². The minimum absolute atomic E-state index is 0.157. The Balaban J connectivity index is 2.50. The fourth-order valence-corrected chi connectivity index (χ4v) is 1.93. The van der Waals surface area contributed by atoms with Gasteiger partial charge in [-0.15, -0.1) is 0 Å². The quantitative estimate of drug-likeness (QED) is 0.739. The zero-order valence-electron chi connectivity index (χ0n) is 9.92. The summed E-state index contributed by atoms with van der Waals surface area (Å²) in [5, 5.41) is 12.1. The average molecular weight is 211 g/mol. The van der Waals surface area contributed by atoms with E-state index in [1.807, 2.05) is 0 Å². The largest absolute Gasteiger partial charge is 0.383 e. The lowest BCUT2D eigenvalue weighted by molar-refractivity contribution is 0.0408. The van der Waals surface area contributed by atoms with E-state index in [1.165, 1.54) is 0 Å². The second kappa shape index (κ2) is 5.45. The maximum Gasteiger partial charge on any atom is 0.0638 e. The van der Waals surface area contributed by atoms with Gasteiger partial charge >= 0.3 is 0 Å². The highest BCUT2D eigenvalue weighted by molar-refractivity contribution is 4.95. The van der Waals surface area contributed by atoms with E-state index >= 15 is 0 Å². The molecule has 1 aliphatic rings. The van der Waals surface area contributed by atoms with E-state index in [-0.39, 0.29) is 5.54 Å². The molecule has 0 aromatic heterocycles. The molecule has 0 aliphatic carbocycles. The predicted molar refractivity (Wildman–Crippen MR) is 59.5 cm³/mol. The Labute approximate surface area is 92.2 Å². The van der Waals surface area contributed by atoms with E-state index in [1.54, 1.807) is 7.11 Å². The summed E-state index contributed by atoms with van der Waals surface area (Å²) in [4.78, 5) is 2.40. The number of hydrogen-bond donors (Lipinski definition) is 1. The SMILES string of the molecule is COCCN1CC(CC#N)NCC1(C)C. The molecule has 0 spiro atoms. The molecular weight excluding hydrogens is 190 g/mol. The van der Waals surface area contributed by atoms with Crippen LogP contribution in [0.15, 0.2) is 0 Å². The highest BCUT2D eigenvalue weighted by atomic mass is 16.5. The van der Waals surface area contributed by atoms with Gasteiger partial charge in [0.2, 0.25) is 0 Å². The maximum atomic E-state index is 8.68. The van der Waals surface area contributed by atoms with Gasteiger partial charge in [-0.3, -0.25) is 4.90 Å². The van der Waals surface area contributed by atoms with Crippen molar-refractivity contribution in [2.75, 3.05) is 33.4 Å². The molecule has 1 unspecified atom stereocenters. The molecule has 1 fully saturated rings. The average Bonchev–Trinajstić information content (AvgIpc) is 2.19. The van der Waals surface area contributed by atoms with Gasteiger partial charge in [0.25, 0.3) is 0 Å². The summed E-state index contributed by atoms with van der Waals surface area (Å²) in [5.41, 5.74) is 0.157. The summed E-state index contributed by atoms with van der Waals surface area (Å²) >= 11 is 0. The van der Waals surface area contributed by atoms with Crippen molar-refractivity contribution in [1.82, 2.24) is 10.2 Å². The first-order valence-corrected chi connectivity index (χ1v) is 5.44. The molecule has 1 atom stereocenters. The van der Waals surface area contributed by atoms with E-state index in [0.717, 1.165) is 26.2 Å². The molecule has 0 radical (unpaired) electrons. The first-order chi connectivity index (χ1) is 7.10. The highest BCUT2D eigenvalue weighted by Gasteiger charge is 2.33. The van der Waals surface area contributed by atoms with Crippen molar-refractivity contribution in [3.8, 4) is 6.07 Å². The van der Waals surface area contributed by atoms with Crippen molar-refractivity contribution in [2.24, 2.45) is 0 Å². The van der Waals surface area contributed by atoms with Gasteiger partial charge in [0.1, 0.15) is 0 Å². The summed E-state index contributed by atoms with van der Waals surface area (Å²) in [5.74, 6) is 0. The van der Waals surface area contributed by atoms with Gasteiger partial charge in [-0.05, 0) is 13.8 Å². The first kappa shape index (κ1) is 12.4. The van der Waals surface area contributed by atoms with Gasteiger partial charge in [-0.25, -0.2) is 0 Å². The van der Waals surface area contributed by atoms with Crippen LogP contribution >= 0.6 is 0 Å². The van der Waals surface area contributed by atoms with Crippen molar-refractivity contribution >= 4 is 0 Å². The first-order valence-electron chi connectivity index (χ1n) is 5.44. The Morgan fingerprint density at radius 2 is 2.33 bits per heavy atom. The van der Waals surface area contributed by atoms with E-state index in [4.69, 9.17) is 10.00 Å². The van der Waals surface area contributed by atoms with E-state index in [2.05, 4.69) is 30.1 Å². The molecule has 1 aliphatic heterocycles. The van der Waals surface area contributed by atoms with Crippen LogP contribution in [0, 0.1) is 11.3 Å². The number of ether oxygens (including phenoxy) is 1. The van der Waals surface area contributed by atoms with Gasteiger partial charge in [0.05, 0.1) is 19.1 Å². The Bertz CT molecular complexity index is 234. The Morgan fingerprint density at radius 1 is 1.60 bits per heavy atom. The third kappa shape index (κ3) is 3.45. The molecule has 1 N–H and O–H groups in total. The fourth-order valence-electron chi connectivity index (χ4n) is 1.93. The van der Waals surface area contributed by atoms with Crippen LogP contribution in [0.5, 0.6) is 0 Å². The molecule has 1 rings (SSSR count). The van der Waals surface area contributed by atoms with E-state index in [9.17, 15) is 0 Å². The molecular formula is C11H21N3O. The third-order valence-electron chi connectivity index (χ3n) is 3.02. The number of nitrogens with zero attached hydrogens (tertiary/aromatic N) is 2. The third-order valence-corrected chi connectivity index (χ3v) is 3.02. The molecule has 0 bridgehead atoms. The van der Waals surface area contributed by atoms with Gasteiger partial charge in [0.15, 0.2) is 0 Å². The van der Waals surface area contributed by atoms with Crippen molar-refractivity contribution in [3.05, 3.63) is 0 Å². The maximum absolute atomic E-state index is 8.68. The summed E-state index contributed by atoms with van der Waals surface area (Å²) in [6, 6.07) is 2.53. The molecule has 86 valence electrons. The zero-order chi connectivity index (χ0) is 11.3. The molecule has 0 aromatic rings. The summed E-state index contributed by atoms with van der Waals surface area (Å²) in [6.07, 6.45) is 0.583. The highest BCUT2D eigenvalue weighted by Crippen LogP contribution is 2.18. The lowest BCUT2D eigenvalue weighted by Gasteiger charge is -2.45. The fraction of sp³-hybridized carbons (Fsp3) is 0.909. The molecule has 15 heavy (non-hydrogen) atoms. The smallest absolute Gasteiger partial charge is 0.0638 e. The van der Waals surface area contributed by atoms with Crippen molar-refractivity contribution < 1.29 is 4.74 Å². The minimum Gasteiger partial charge on any atom is -0.383 e. The summed E-state index contributed by atoms with van der Waals surface area (Å²) in [6.45, 7) is 8.00. The Morgan fingerprint density at radius 3 is 2.93 bits per heavy atom. The van der Waals surface area contributed by atoms with Crippen LogP contribution in [0.2, 0.25) is 0 Å². The number of rotatable bonds is 4. The summed E-state index contributed by atoms with van der Waals surface area (Å²) in [7, 11) is 1.72. The molecule has 0 aromatic carbocycles. The van der Waals surface area contributed by atoms with Crippen LogP contribution in [0.1, 0.15) is 20.3 Å². The molecule has 1 saturated heterocycles. The van der Waals surface area contributed by atoms with Crippen molar-refractivity contribution in [3.63, 3.8) is 0 Å². The molecule has 4 nitrogen and oxygen atoms in total. The van der Waals surface area contributed by atoms with Crippen LogP contribution in [0.3, 0.4) is 0 Å². The van der Waals surface area contributed by atoms with Crippen molar-refractivity contribution in [1.29, 1.82) is 5.26 Å². The number of methoxy groups -OCH3 is 1. The topological polar surface area (TPSA) is 48.3 Å². The van der Waals surface area contributed by atoms with Gasteiger partial charge in [-0.1, -0.05) is 0 Å². The lowest BCUT2D eigenvalue weighted by atomic mass is 9.96. The predicted octanol–water partition coefficient (Wildman–Crippen LogP) is 0.599. The number of hydrogen-bond acceptors (Lipinski definition) is 4. The van der Waals surface area contributed by atoms with Crippen LogP contribution in [0.4, 0.5) is 0 Å².